The number of aromatic nitrogens is 1. The van der Waals surface area contributed by atoms with Crippen molar-refractivity contribution in [1.82, 2.24) is 4.57 Å². The van der Waals surface area contributed by atoms with Gasteiger partial charge in [0.15, 0.2) is 0 Å². The minimum atomic E-state index is -1.03. The first-order valence-electron chi connectivity index (χ1n) is 6.83. The molecule has 0 spiro atoms. The maximum absolute atomic E-state index is 13.9. The van der Waals surface area contributed by atoms with Crippen LogP contribution in [-0.2, 0) is 6.54 Å². The zero-order chi connectivity index (χ0) is 15.9. The lowest BCUT2D eigenvalue weighted by Crippen LogP contribution is -1.94. The molecule has 0 aliphatic carbocycles. The molecule has 0 bridgehead atoms. The Morgan fingerprint density at radius 1 is 1.18 bits per heavy atom. The molecule has 0 amide bonds. The van der Waals surface area contributed by atoms with Crippen molar-refractivity contribution in [3.05, 3.63) is 59.8 Å². The van der Waals surface area contributed by atoms with Gasteiger partial charge < -0.3 is 9.67 Å². The Balaban J connectivity index is 2.25. The molecule has 0 fully saturated rings. The molecule has 3 nitrogen and oxygen atoms in total. The first-order chi connectivity index (χ1) is 10.5. The van der Waals surface area contributed by atoms with Crippen molar-refractivity contribution in [2.45, 2.75) is 13.5 Å². The smallest absolute Gasteiger partial charge is 0.337 e. The minimum absolute atomic E-state index is 0.168. The summed E-state index contributed by atoms with van der Waals surface area (Å²) in [6, 6.07) is 8.43. The van der Waals surface area contributed by atoms with Crippen molar-refractivity contribution in [2.24, 2.45) is 0 Å². The highest BCUT2D eigenvalue weighted by Gasteiger charge is 2.15. The Morgan fingerprint density at radius 2 is 1.95 bits per heavy atom. The van der Waals surface area contributed by atoms with E-state index in [0.29, 0.717) is 17.5 Å². The average molecular weight is 301 g/mol. The first-order valence-corrected chi connectivity index (χ1v) is 6.83. The van der Waals surface area contributed by atoms with Crippen LogP contribution in [0.4, 0.5) is 8.78 Å². The molecule has 0 atom stereocenters. The first kappa shape index (κ1) is 14.3. The van der Waals surface area contributed by atoms with E-state index in [0.717, 1.165) is 11.6 Å². The molecule has 0 aliphatic rings. The molecule has 112 valence electrons. The number of benzene rings is 2. The van der Waals surface area contributed by atoms with E-state index in [4.69, 9.17) is 0 Å². The van der Waals surface area contributed by atoms with Crippen molar-refractivity contribution in [2.75, 3.05) is 0 Å². The van der Waals surface area contributed by atoms with Crippen LogP contribution in [0.2, 0.25) is 0 Å². The van der Waals surface area contributed by atoms with Crippen LogP contribution in [0, 0.1) is 11.6 Å². The van der Waals surface area contributed by atoms with E-state index in [1.807, 2.05) is 11.5 Å². The monoisotopic (exact) mass is 301 g/mol. The third kappa shape index (κ3) is 2.24. The lowest BCUT2D eigenvalue weighted by atomic mass is 10.0. The third-order valence-corrected chi connectivity index (χ3v) is 3.69. The van der Waals surface area contributed by atoms with Crippen LogP contribution in [0.5, 0.6) is 0 Å². The van der Waals surface area contributed by atoms with Crippen LogP contribution in [0.25, 0.3) is 22.0 Å². The van der Waals surface area contributed by atoms with Crippen molar-refractivity contribution in [3.63, 3.8) is 0 Å². The Bertz CT molecular complexity index is 884. The second-order valence-corrected chi connectivity index (χ2v) is 4.99. The maximum atomic E-state index is 13.9. The molecule has 0 radical (unpaired) electrons. The molecule has 3 aromatic rings. The second kappa shape index (κ2) is 5.26. The van der Waals surface area contributed by atoms with Gasteiger partial charge in [-0.1, -0.05) is 6.07 Å². The number of hydrogen-bond acceptors (Lipinski definition) is 1. The zero-order valence-electron chi connectivity index (χ0n) is 11.8. The van der Waals surface area contributed by atoms with Gasteiger partial charge in [-0.15, -0.1) is 0 Å². The number of aromatic carboxylic acids is 1. The van der Waals surface area contributed by atoms with E-state index < -0.39 is 17.6 Å². The van der Waals surface area contributed by atoms with Gasteiger partial charge in [0, 0.05) is 35.3 Å². The van der Waals surface area contributed by atoms with Crippen LogP contribution in [-0.4, -0.2) is 15.6 Å². The van der Waals surface area contributed by atoms with Crippen LogP contribution in [0.3, 0.4) is 0 Å². The number of carboxylic acid groups (broad SMARTS) is 1. The van der Waals surface area contributed by atoms with E-state index in [1.54, 1.807) is 24.4 Å². The van der Waals surface area contributed by atoms with E-state index >= 15 is 0 Å². The number of nitrogens with zero attached hydrogens (tertiary/aromatic N) is 1. The number of fused-ring (bicyclic) bond motifs is 1. The van der Waals surface area contributed by atoms with Crippen LogP contribution in [0.1, 0.15) is 17.3 Å². The van der Waals surface area contributed by atoms with Gasteiger partial charge in [-0.2, -0.15) is 0 Å². The van der Waals surface area contributed by atoms with Crippen LogP contribution >= 0.6 is 0 Å². The molecule has 0 saturated carbocycles. The van der Waals surface area contributed by atoms with Crippen LogP contribution < -0.4 is 0 Å². The number of halogens is 2. The van der Waals surface area contributed by atoms with Crippen molar-refractivity contribution < 1.29 is 18.7 Å². The lowest BCUT2D eigenvalue weighted by Gasteiger charge is -2.06. The SMILES string of the molecule is CCn1cc(C(=O)O)c2cc(-c3ccc(F)cc3F)ccc21. The average Bonchev–Trinajstić information content (AvgIpc) is 2.85. The number of aryl methyl sites for hydroxylation is 1. The summed E-state index contributed by atoms with van der Waals surface area (Å²) in [6.45, 7) is 2.55. The normalized spacial score (nSPS) is 11.0. The minimum Gasteiger partial charge on any atom is -0.478 e. The van der Waals surface area contributed by atoms with Gasteiger partial charge in [-0.25, -0.2) is 13.6 Å². The molecule has 0 aliphatic heterocycles. The summed E-state index contributed by atoms with van der Waals surface area (Å²) in [5, 5.41) is 9.84. The molecule has 1 N–H and O–H groups in total. The Kier molecular flexibility index (Phi) is 3.41. The van der Waals surface area contributed by atoms with Crippen LogP contribution in [0.15, 0.2) is 42.6 Å². The second-order valence-electron chi connectivity index (χ2n) is 4.99. The molecule has 22 heavy (non-hydrogen) atoms. The Morgan fingerprint density at radius 3 is 2.59 bits per heavy atom. The molecule has 3 rings (SSSR count). The number of hydrogen-bond donors (Lipinski definition) is 1. The van der Waals surface area contributed by atoms with Gasteiger partial charge in [-0.3, -0.25) is 0 Å². The van der Waals surface area contributed by atoms with Gasteiger partial charge in [0.25, 0.3) is 0 Å². The summed E-state index contributed by atoms with van der Waals surface area (Å²) in [4.78, 5) is 11.4. The van der Waals surface area contributed by atoms with Gasteiger partial charge in [0.05, 0.1) is 5.56 Å². The molecule has 0 saturated heterocycles. The highest BCUT2D eigenvalue weighted by molar-refractivity contribution is 6.04. The molecule has 5 heteroatoms. The molecule has 1 heterocycles. The summed E-state index contributed by atoms with van der Waals surface area (Å²) in [7, 11) is 0. The largest absolute Gasteiger partial charge is 0.478 e. The fourth-order valence-corrected chi connectivity index (χ4v) is 2.62. The van der Waals surface area contributed by atoms with E-state index in [1.165, 1.54) is 12.1 Å². The summed E-state index contributed by atoms with van der Waals surface area (Å²) < 4.78 is 28.7. The Labute approximate surface area is 125 Å². The van der Waals surface area contributed by atoms with Crippen molar-refractivity contribution in [1.29, 1.82) is 0 Å². The fraction of sp³-hybridized carbons (Fsp3) is 0.118. The van der Waals surface area contributed by atoms with Gasteiger partial charge in [-0.05, 0) is 36.8 Å². The van der Waals surface area contributed by atoms with Gasteiger partial charge in [0.2, 0.25) is 0 Å². The molecular formula is C17H13F2NO2. The summed E-state index contributed by atoms with van der Waals surface area (Å²) in [5.74, 6) is -2.36. The highest BCUT2D eigenvalue weighted by atomic mass is 19.1. The lowest BCUT2D eigenvalue weighted by molar-refractivity contribution is 0.0699. The van der Waals surface area contributed by atoms with E-state index in [9.17, 15) is 18.7 Å². The summed E-state index contributed by atoms with van der Waals surface area (Å²) >= 11 is 0. The van der Waals surface area contributed by atoms with E-state index in [2.05, 4.69) is 0 Å². The molecule has 0 unspecified atom stereocenters. The summed E-state index contributed by atoms with van der Waals surface area (Å²) in [5.41, 5.74) is 1.69. The number of rotatable bonds is 3. The van der Waals surface area contributed by atoms with Crippen molar-refractivity contribution in [3.8, 4) is 11.1 Å². The Hall–Kier alpha value is -2.69. The van der Waals surface area contributed by atoms with Gasteiger partial charge >= 0.3 is 5.97 Å². The quantitative estimate of drug-likeness (QED) is 0.783. The molecular weight excluding hydrogens is 288 g/mol. The zero-order valence-corrected chi connectivity index (χ0v) is 11.8. The predicted octanol–water partition coefficient (Wildman–Crippen LogP) is 4.30. The number of carboxylic acids is 1. The molecule has 2 aromatic carbocycles. The van der Waals surface area contributed by atoms with Crippen molar-refractivity contribution >= 4 is 16.9 Å². The topological polar surface area (TPSA) is 42.2 Å². The highest BCUT2D eigenvalue weighted by Crippen LogP contribution is 2.30. The summed E-state index contributed by atoms with van der Waals surface area (Å²) in [6.07, 6.45) is 1.57. The predicted molar refractivity (Wildman–Crippen MR) is 79.9 cm³/mol. The van der Waals surface area contributed by atoms with E-state index in [-0.39, 0.29) is 11.1 Å². The van der Waals surface area contributed by atoms with Gasteiger partial charge in [0.1, 0.15) is 11.6 Å². The maximum Gasteiger partial charge on any atom is 0.337 e. The third-order valence-electron chi connectivity index (χ3n) is 3.69. The molecule has 1 aromatic heterocycles. The number of carbonyl (C=O) groups is 1. The standard InChI is InChI=1S/C17H13F2NO2/c1-2-20-9-14(17(21)22)13-7-10(3-6-16(13)20)12-5-4-11(18)8-15(12)19/h3-9H,2H2,1H3,(H,21,22). The fourth-order valence-electron chi connectivity index (χ4n) is 2.62.